The van der Waals surface area contributed by atoms with E-state index in [1.807, 2.05) is 0 Å². The first kappa shape index (κ1) is 19.7. The lowest BCUT2D eigenvalue weighted by Gasteiger charge is -2.10. The van der Waals surface area contributed by atoms with Gasteiger partial charge in [0.25, 0.3) is 0 Å². The van der Waals surface area contributed by atoms with Gasteiger partial charge in [0.1, 0.15) is 0 Å². The van der Waals surface area contributed by atoms with Crippen LogP contribution in [0.25, 0.3) is 10.8 Å². The van der Waals surface area contributed by atoms with Crippen LogP contribution < -0.4 is 10.5 Å². The molecule has 0 fully saturated rings. The average Bonchev–Trinajstić information content (AvgIpc) is 2.59. The van der Waals surface area contributed by atoms with Crippen molar-refractivity contribution in [1.82, 2.24) is 4.72 Å². The van der Waals surface area contributed by atoms with Crippen molar-refractivity contribution in [3.8, 4) is 0 Å². The maximum Gasteiger partial charge on any atom is 0.335 e. The van der Waals surface area contributed by atoms with E-state index < -0.39 is 16.0 Å². The van der Waals surface area contributed by atoms with Crippen LogP contribution in [0.1, 0.15) is 15.9 Å². The molecule has 3 aromatic carbocycles. The van der Waals surface area contributed by atoms with Gasteiger partial charge in [-0.25, -0.2) is 17.9 Å². The molecule has 0 unspecified atom stereocenters. The number of sulfonamides is 1. The summed E-state index contributed by atoms with van der Waals surface area (Å²) in [4.78, 5) is 11.0. The summed E-state index contributed by atoms with van der Waals surface area (Å²) in [5.41, 5.74) is 7.12. The van der Waals surface area contributed by atoms with Gasteiger partial charge in [0.2, 0.25) is 10.0 Å². The Hall–Kier alpha value is -2.61. The summed E-state index contributed by atoms with van der Waals surface area (Å²) in [6.45, 7) is 0.0631. The highest BCUT2D eigenvalue weighted by Gasteiger charge is 2.17. The average molecular weight is 393 g/mol. The Bertz CT molecular complexity index is 1050. The second-order valence-corrected chi connectivity index (χ2v) is 7.30. The van der Waals surface area contributed by atoms with Crippen LogP contribution in [0.4, 0.5) is 5.69 Å². The third-order valence-electron chi connectivity index (χ3n) is 3.82. The molecule has 0 heterocycles. The second kappa shape index (κ2) is 7.74. The van der Waals surface area contributed by atoms with Crippen LogP contribution in [0, 0.1) is 0 Å². The zero-order chi connectivity index (χ0) is 18.0. The first-order valence-corrected chi connectivity index (χ1v) is 8.95. The first-order chi connectivity index (χ1) is 11.9. The molecule has 3 rings (SSSR count). The summed E-state index contributed by atoms with van der Waals surface area (Å²) in [5, 5.41) is 10.2. The topological polar surface area (TPSA) is 109 Å². The van der Waals surface area contributed by atoms with Crippen LogP contribution in [-0.4, -0.2) is 19.5 Å². The van der Waals surface area contributed by atoms with E-state index in [1.54, 1.807) is 42.5 Å². The maximum absolute atomic E-state index is 12.6. The molecule has 0 aliphatic heterocycles. The Kier molecular flexibility index (Phi) is 5.86. The van der Waals surface area contributed by atoms with Gasteiger partial charge in [-0.05, 0) is 41.3 Å². The van der Waals surface area contributed by atoms with Crippen LogP contribution in [0.2, 0.25) is 0 Å². The lowest BCUT2D eigenvalue weighted by molar-refractivity contribution is 0.0697. The second-order valence-electron chi connectivity index (χ2n) is 5.56. The van der Waals surface area contributed by atoms with Gasteiger partial charge in [-0.1, -0.05) is 30.3 Å². The summed E-state index contributed by atoms with van der Waals surface area (Å²) in [6, 6.07) is 16.1. The fraction of sp³-hybridized carbons (Fsp3) is 0.0556. The van der Waals surface area contributed by atoms with Crippen molar-refractivity contribution in [2.75, 3.05) is 5.73 Å². The van der Waals surface area contributed by atoms with Gasteiger partial charge >= 0.3 is 5.97 Å². The molecule has 0 saturated heterocycles. The molecule has 0 aliphatic rings. The first-order valence-electron chi connectivity index (χ1n) is 7.47. The van der Waals surface area contributed by atoms with Gasteiger partial charge in [0.05, 0.1) is 10.5 Å². The number of nitrogens with one attached hydrogen (secondary N) is 1. The summed E-state index contributed by atoms with van der Waals surface area (Å²) in [5.74, 6) is -1.03. The van der Waals surface area contributed by atoms with Crippen molar-refractivity contribution in [3.63, 3.8) is 0 Å². The Morgan fingerprint density at radius 3 is 2.38 bits per heavy atom. The van der Waals surface area contributed by atoms with Gasteiger partial charge < -0.3 is 10.8 Å². The number of carboxylic acid groups (broad SMARTS) is 1. The molecule has 0 amide bonds. The number of carbonyl (C=O) groups is 1. The number of nitrogen functional groups attached to an aromatic ring is 1. The minimum Gasteiger partial charge on any atom is -0.478 e. The number of hydrogen-bond donors (Lipinski definition) is 3. The molecule has 26 heavy (non-hydrogen) atoms. The molecule has 0 bridgehead atoms. The Labute approximate surface area is 157 Å². The molecule has 0 saturated carbocycles. The molecule has 6 nitrogen and oxygen atoms in total. The largest absolute Gasteiger partial charge is 0.478 e. The van der Waals surface area contributed by atoms with Crippen molar-refractivity contribution in [3.05, 3.63) is 71.8 Å². The summed E-state index contributed by atoms with van der Waals surface area (Å²) < 4.78 is 27.8. The quantitative estimate of drug-likeness (QED) is 0.578. The summed E-state index contributed by atoms with van der Waals surface area (Å²) in [7, 11) is -3.73. The van der Waals surface area contributed by atoms with E-state index >= 15 is 0 Å². The molecular weight excluding hydrogens is 376 g/mol. The highest BCUT2D eigenvalue weighted by Crippen LogP contribution is 2.25. The standard InChI is InChI=1S/C18H16N2O4S.ClH/c19-15-8-9-16-14(10-15)2-1-3-17(16)25(23,24)20-11-12-4-6-13(7-5-12)18(21)22;/h1-10,20H,11,19H2,(H,21,22);1H. The monoisotopic (exact) mass is 392 g/mol. The summed E-state index contributed by atoms with van der Waals surface area (Å²) in [6.07, 6.45) is 0. The van der Waals surface area contributed by atoms with Crippen molar-refractivity contribution in [1.29, 1.82) is 0 Å². The lowest BCUT2D eigenvalue weighted by atomic mass is 10.1. The highest BCUT2D eigenvalue weighted by molar-refractivity contribution is 7.89. The molecule has 0 spiro atoms. The van der Waals surface area contributed by atoms with Crippen LogP contribution in [0.15, 0.2) is 65.6 Å². The predicted molar refractivity (Wildman–Crippen MR) is 103 cm³/mol. The SMILES string of the molecule is Cl.Nc1ccc2c(S(=O)(=O)NCc3ccc(C(=O)O)cc3)cccc2c1. The molecule has 0 radical (unpaired) electrons. The molecule has 0 aromatic heterocycles. The van der Waals surface area contributed by atoms with Crippen molar-refractivity contribution in [2.24, 2.45) is 0 Å². The van der Waals surface area contributed by atoms with Crippen LogP contribution in [0.3, 0.4) is 0 Å². The van der Waals surface area contributed by atoms with E-state index in [2.05, 4.69) is 4.72 Å². The number of anilines is 1. The molecular formula is C18H17ClN2O4S. The maximum atomic E-state index is 12.6. The minimum absolute atomic E-state index is 0. The predicted octanol–water partition coefficient (Wildman–Crippen LogP) is 3.02. The van der Waals surface area contributed by atoms with Crippen molar-refractivity contribution >= 4 is 44.9 Å². The minimum atomic E-state index is -3.73. The van der Waals surface area contributed by atoms with Crippen molar-refractivity contribution in [2.45, 2.75) is 11.4 Å². The van der Waals surface area contributed by atoms with Crippen LogP contribution in [0.5, 0.6) is 0 Å². The smallest absolute Gasteiger partial charge is 0.335 e. The molecule has 8 heteroatoms. The summed E-state index contributed by atoms with van der Waals surface area (Å²) >= 11 is 0. The zero-order valence-electron chi connectivity index (χ0n) is 13.5. The van der Waals surface area contributed by atoms with E-state index in [9.17, 15) is 13.2 Å². The molecule has 0 aliphatic carbocycles. The van der Waals surface area contributed by atoms with Gasteiger partial charge in [0.15, 0.2) is 0 Å². The zero-order valence-corrected chi connectivity index (χ0v) is 15.2. The van der Waals surface area contributed by atoms with Crippen molar-refractivity contribution < 1.29 is 18.3 Å². The lowest BCUT2D eigenvalue weighted by Crippen LogP contribution is -2.23. The fourth-order valence-electron chi connectivity index (χ4n) is 2.53. The number of fused-ring (bicyclic) bond motifs is 1. The number of benzene rings is 3. The third-order valence-corrected chi connectivity index (χ3v) is 5.28. The van der Waals surface area contributed by atoms with E-state index in [-0.39, 0.29) is 29.4 Å². The van der Waals surface area contributed by atoms with Crippen LogP contribution in [-0.2, 0) is 16.6 Å². The van der Waals surface area contributed by atoms with Gasteiger partial charge in [0, 0.05) is 17.6 Å². The number of nitrogens with two attached hydrogens (primary N) is 1. The molecule has 136 valence electrons. The molecule has 0 atom stereocenters. The number of aromatic carboxylic acids is 1. The number of carboxylic acids is 1. The van der Waals surface area contributed by atoms with Gasteiger partial charge in [-0.15, -0.1) is 12.4 Å². The van der Waals surface area contributed by atoms with Crippen LogP contribution >= 0.6 is 12.4 Å². The van der Waals surface area contributed by atoms with Gasteiger partial charge in [-0.3, -0.25) is 0 Å². The molecule has 4 N–H and O–H groups in total. The number of rotatable bonds is 5. The van der Waals surface area contributed by atoms with Gasteiger partial charge in [-0.2, -0.15) is 0 Å². The molecule has 3 aromatic rings. The Morgan fingerprint density at radius 2 is 1.73 bits per heavy atom. The number of halogens is 1. The third kappa shape index (κ3) is 4.13. The van der Waals surface area contributed by atoms with E-state index in [1.165, 1.54) is 18.2 Å². The Morgan fingerprint density at radius 1 is 1.04 bits per heavy atom. The van der Waals surface area contributed by atoms with E-state index in [0.29, 0.717) is 16.6 Å². The Balaban J connectivity index is 0.00000243. The van der Waals surface area contributed by atoms with E-state index in [0.717, 1.165) is 5.39 Å². The normalized spacial score (nSPS) is 11.1. The fourth-order valence-corrected chi connectivity index (χ4v) is 3.77. The highest BCUT2D eigenvalue weighted by atomic mass is 35.5. The number of hydrogen-bond acceptors (Lipinski definition) is 4. The van der Waals surface area contributed by atoms with E-state index in [4.69, 9.17) is 10.8 Å².